The molecule has 3 unspecified atom stereocenters. The summed E-state index contributed by atoms with van der Waals surface area (Å²) >= 11 is 0. The van der Waals surface area contributed by atoms with Gasteiger partial charge in [0.2, 0.25) is 11.8 Å². The summed E-state index contributed by atoms with van der Waals surface area (Å²) in [6.45, 7) is 0. The van der Waals surface area contributed by atoms with Gasteiger partial charge in [-0.05, 0) is 18.8 Å². The van der Waals surface area contributed by atoms with E-state index in [0.29, 0.717) is 0 Å². The lowest BCUT2D eigenvalue weighted by molar-refractivity contribution is -0.130. The molecular weight excluding hydrogens is 168 g/mol. The molecule has 0 aromatic carbocycles. The Morgan fingerprint density at radius 3 is 2.46 bits per heavy atom. The minimum Gasteiger partial charge on any atom is -0.369 e. The van der Waals surface area contributed by atoms with Gasteiger partial charge in [-0.1, -0.05) is 11.6 Å². The molecule has 4 N–H and O–H groups in total. The van der Waals surface area contributed by atoms with Gasteiger partial charge in [0.05, 0.1) is 11.8 Å². The van der Waals surface area contributed by atoms with Crippen LogP contribution >= 0.6 is 0 Å². The molecule has 0 aliphatic heterocycles. The molecule has 1 fully saturated rings. The quantitative estimate of drug-likeness (QED) is 0.563. The molecule has 0 radical (unpaired) electrons. The number of nitrogens with two attached hydrogens (primary N) is 2. The number of hydrogen-bond donors (Lipinski definition) is 2. The van der Waals surface area contributed by atoms with E-state index in [1.54, 1.807) is 0 Å². The Kier molecular flexibility index (Phi) is 1.65. The molecule has 2 rings (SSSR count). The molecule has 0 heterocycles. The van der Waals surface area contributed by atoms with E-state index in [9.17, 15) is 9.59 Å². The molecule has 2 bridgehead atoms. The van der Waals surface area contributed by atoms with Crippen LogP contribution in [0.4, 0.5) is 0 Å². The molecule has 0 aromatic rings. The fourth-order valence-corrected chi connectivity index (χ4v) is 2.56. The molecule has 70 valence electrons. The summed E-state index contributed by atoms with van der Waals surface area (Å²) in [7, 11) is 0. The first-order chi connectivity index (χ1) is 6.11. The topological polar surface area (TPSA) is 86.2 Å². The zero-order valence-electron chi connectivity index (χ0n) is 7.19. The number of rotatable bonds is 2. The Balaban J connectivity index is 2.33. The first-order valence-corrected chi connectivity index (χ1v) is 4.39. The average molecular weight is 180 g/mol. The van der Waals surface area contributed by atoms with E-state index < -0.39 is 17.7 Å². The Labute approximate surface area is 76.0 Å². The third-order valence-electron chi connectivity index (χ3n) is 3.08. The van der Waals surface area contributed by atoms with E-state index in [0.717, 1.165) is 18.4 Å². The number of fused-ring (bicyclic) bond motifs is 2. The summed E-state index contributed by atoms with van der Waals surface area (Å²) < 4.78 is 0. The molecule has 0 saturated heterocycles. The van der Waals surface area contributed by atoms with Crippen LogP contribution in [0, 0.1) is 17.8 Å². The van der Waals surface area contributed by atoms with Gasteiger partial charge < -0.3 is 11.5 Å². The lowest BCUT2D eigenvalue weighted by atomic mass is 9.83. The maximum atomic E-state index is 11.1. The lowest BCUT2D eigenvalue weighted by Crippen LogP contribution is -2.38. The Bertz CT molecular complexity index is 309. The SMILES string of the molecule is NC(=O)C1C2=CCC(C2)C1C(N)=O. The van der Waals surface area contributed by atoms with Gasteiger partial charge >= 0.3 is 0 Å². The molecular formula is C9H12N2O2. The lowest BCUT2D eigenvalue weighted by Gasteiger charge is -2.21. The molecule has 4 heteroatoms. The highest BCUT2D eigenvalue weighted by molar-refractivity contribution is 5.90. The molecule has 0 aromatic heterocycles. The van der Waals surface area contributed by atoms with Crippen molar-refractivity contribution in [3.05, 3.63) is 11.6 Å². The van der Waals surface area contributed by atoms with Crippen LogP contribution in [-0.2, 0) is 9.59 Å². The van der Waals surface area contributed by atoms with Gasteiger partial charge in [0.25, 0.3) is 0 Å². The van der Waals surface area contributed by atoms with Gasteiger partial charge in [-0.15, -0.1) is 0 Å². The van der Waals surface area contributed by atoms with Crippen LogP contribution in [0.25, 0.3) is 0 Å². The van der Waals surface area contributed by atoms with Crippen molar-refractivity contribution in [2.45, 2.75) is 12.8 Å². The van der Waals surface area contributed by atoms with Crippen molar-refractivity contribution in [3.8, 4) is 0 Å². The molecule has 3 atom stereocenters. The third kappa shape index (κ3) is 1.05. The van der Waals surface area contributed by atoms with E-state index >= 15 is 0 Å². The van der Waals surface area contributed by atoms with Crippen molar-refractivity contribution >= 4 is 11.8 Å². The normalized spacial score (nSPS) is 36.0. The number of carbonyl (C=O) groups is 2. The maximum absolute atomic E-state index is 11.1. The van der Waals surface area contributed by atoms with Crippen molar-refractivity contribution in [3.63, 3.8) is 0 Å². The van der Waals surface area contributed by atoms with Gasteiger partial charge in [-0.25, -0.2) is 0 Å². The summed E-state index contributed by atoms with van der Waals surface area (Å²) in [4.78, 5) is 22.2. The Morgan fingerprint density at radius 1 is 1.31 bits per heavy atom. The summed E-state index contributed by atoms with van der Waals surface area (Å²) in [5, 5.41) is 0. The van der Waals surface area contributed by atoms with Gasteiger partial charge in [0.1, 0.15) is 0 Å². The number of amides is 2. The van der Waals surface area contributed by atoms with Crippen LogP contribution in [0.5, 0.6) is 0 Å². The maximum Gasteiger partial charge on any atom is 0.225 e. The van der Waals surface area contributed by atoms with Gasteiger partial charge in [-0.3, -0.25) is 9.59 Å². The molecule has 0 spiro atoms. The standard InChI is InChI=1S/C9H12N2O2/c10-8(12)6-4-1-2-5(3-4)7(6)9(11)13/h1,5-7H,2-3H2,(H2,10,12)(H2,11,13). The third-order valence-corrected chi connectivity index (χ3v) is 3.08. The molecule has 2 amide bonds. The van der Waals surface area contributed by atoms with E-state index in [1.807, 2.05) is 6.08 Å². The summed E-state index contributed by atoms with van der Waals surface area (Å²) in [5.41, 5.74) is 11.5. The predicted molar refractivity (Wildman–Crippen MR) is 46.2 cm³/mol. The number of primary amides is 2. The number of hydrogen-bond acceptors (Lipinski definition) is 2. The first kappa shape index (κ1) is 8.29. The molecule has 1 saturated carbocycles. The van der Waals surface area contributed by atoms with E-state index in [-0.39, 0.29) is 11.8 Å². The molecule has 13 heavy (non-hydrogen) atoms. The van der Waals surface area contributed by atoms with Crippen molar-refractivity contribution in [1.29, 1.82) is 0 Å². The van der Waals surface area contributed by atoms with Crippen molar-refractivity contribution in [2.75, 3.05) is 0 Å². The van der Waals surface area contributed by atoms with Crippen LogP contribution in [-0.4, -0.2) is 11.8 Å². The predicted octanol–water partition coefficient (Wildman–Crippen LogP) is -0.461. The highest BCUT2D eigenvalue weighted by Gasteiger charge is 2.48. The average Bonchev–Trinajstić information content (AvgIpc) is 2.60. The van der Waals surface area contributed by atoms with Crippen molar-refractivity contribution in [2.24, 2.45) is 29.2 Å². The van der Waals surface area contributed by atoms with Crippen LogP contribution in [0.15, 0.2) is 11.6 Å². The Morgan fingerprint density at radius 2 is 2.00 bits per heavy atom. The van der Waals surface area contributed by atoms with Crippen molar-refractivity contribution < 1.29 is 9.59 Å². The van der Waals surface area contributed by atoms with Gasteiger partial charge in [-0.2, -0.15) is 0 Å². The zero-order chi connectivity index (χ0) is 9.59. The van der Waals surface area contributed by atoms with Crippen molar-refractivity contribution in [1.82, 2.24) is 0 Å². The summed E-state index contributed by atoms with van der Waals surface area (Å²) in [6.07, 6.45) is 3.70. The molecule has 2 aliphatic rings. The zero-order valence-corrected chi connectivity index (χ0v) is 7.19. The van der Waals surface area contributed by atoms with E-state index in [1.165, 1.54) is 0 Å². The monoisotopic (exact) mass is 180 g/mol. The Hall–Kier alpha value is -1.32. The van der Waals surface area contributed by atoms with Gasteiger partial charge in [0.15, 0.2) is 0 Å². The van der Waals surface area contributed by atoms with Crippen LogP contribution < -0.4 is 11.5 Å². The van der Waals surface area contributed by atoms with Crippen LogP contribution in [0.3, 0.4) is 0 Å². The van der Waals surface area contributed by atoms with Crippen LogP contribution in [0.2, 0.25) is 0 Å². The largest absolute Gasteiger partial charge is 0.369 e. The fourth-order valence-electron chi connectivity index (χ4n) is 2.56. The minimum absolute atomic E-state index is 0.227. The van der Waals surface area contributed by atoms with Crippen LogP contribution in [0.1, 0.15) is 12.8 Å². The summed E-state index contributed by atoms with van der Waals surface area (Å²) in [6, 6.07) is 0. The summed E-state index contributed by atoms with van der Waals surface area (Å²) in [5.74, 6) is -1.35. The molecule has 2 aliphatic carbocycles. The second-order valence-electron chi connectivity index (χ2n) is 3.79. The minimum atomic E-state index is -0.420. The number of carbonyl (C=O) groups excluding carboxylic acids is 2. The highest BCUT2D eigenvalue weighted by atomic mass is 16.2. The second-order valence-corrected chi connectivity index (χ2v) is 3.79. The first-order valence-electron chi connectivity index (χ1n) is 4.39. The molecule has 4 nitrogen and oxygen atoms in total. The fraction of sp³-hybridized carbons (Fsp3) is 0.556. The number of allylic oxidation sites excluding steroid dienone is 1. The second kappa shape index (κ2) is 2.58. The van der Waals surface area contributed by atoms with E-state index in [2.05, 4.69) is 0 Å². The highest BCUT2D eigenvalue weighted by Crippen LogP contribution is 2.48. The van der Waals surface area contributed by atoms with Gasteiger partial charge in [0, 0.05) is 0 Å². The van der Waals surface area contributed by atoms with E-state index in [4.69, 9.17) is 11.5 Å². The smallest absolute Gasteiger partial charge is 0.225 e.